The molecular weight excluding hydrogens is 679 g/mol. The number of carbonyl (C=O) groups is 2. The molecule has 0 fully saturated rings. The molecule has 2 aromatic heterocycles. The second-order valence-electron chi connectivity index (χ2n) is 15.0. The Balaban J connectivity index is 1.42. The molecule has 0 bridgehead atoms. The third-order valence-electron chi connectivity index (χ3n) is 9.47. The number of benzene rings is 2. The van der Waals surface area contributed by atoms with Gasteiger partial charge in [0.15, 0.2) is 0 Å². The number of fused-ring (bicyclic) bond motifs is 1. The molecule has 0 aliphatic carbocycles. The van der Waals surface area contributed by atoms with E-state index in [1.165, 1.54) is 22.7 Å². The highest BCUT2D eigenvalue weighted by atomic mass is 32.1. The SMILES string of the molecule is CCCN1C(=O)C2=C(c3ccc(-c4ccc(CCC(C)C)cc4F)s3)N(CC(C)C)C(=O)C2=C1c1ccc(-c2ccc(CCC(C)C)cc2F)s1. The minimum atomic E-state index is -0.270. The highest BCUT2D eigenvalue weighted by molar-refractivity contribution is 7.17. The lowest BCUT2D eigenvalue weighted by molar-refractivity contribution is -0.124. The van der Waals surface area contributed by atoms with Gasteiger partial charge in [0.2, 0.25) is 0 Å². The fourth-order valence-electron chi connectivity index (χ4n) is 6.84. The van der Waals surface area contributed by atoms with Crippen LogP contribution >= 0.6 is 22.7 Å². The minimum absolute atomic E-state index is 0.143. The molecule has 6 rings (SSSR count). The first kappa shape index (κ1) is 36.9. The van der Waals surface area contributed by atoms with E-state index >= 15 is 8.78 Å². The molecule has 0 spiro atoms. The molecule has 0 unspecified atom stereocenters. The number of halogens is 2. The molecule has 0 atom stereocenters. The van der Waals surface area contributed by atoms with Gasteiger partial charge >= 0.3 is 0 Å². The average Bonchev–Trinajstić information content (AvgIpc) is 3.86. The monoisotopic (exact) mass is 726 g/mol. The van der Waals surface area contributed by atoms with Crippen molar-refractivity contribution in [3.63, 3.8) is 0 Å². The Morgan fingerprint density at radius 2 is 1.02 bits per heavy atom. The Hall–Kier alpha value is -3.88. The first-order chi connectivity index (χ1) is 24.4. The summed E-state index contributed by atoms with van der Waals surface area (Å²) in [5.74, 6) is 0.269. The molecule has 0 saturated heterocycles. The van der Waals surface area contributed by atoms with Crippen molar-refractivity contribution in [1.29, 1.82) is 0 Å². The standard InChI is InChI=1S/C43H48F2N2O2S2/c1-8-21-46-40(36-19-17-34(50-36)30-15-13-28(22-32(30)44)11-9-25(2)3)38-39(42(46)48)41(47(43(38)49)24-27(6)7)37-20-18-35(51-37)31-16-14-29(23-33(31)45)12-10-26(4)5/h13-20,22-23,25-27H,8-12,21,24H2,1-7H3. The summed E-state index contributed by atoms with van der Waals surface area (Å²) in [6.45, 7) is 15.6. The maximum Gasteiger partial charge on any atom is 0.261 e. The second kappa shape index (κ2) is 15.4. The van der Waals surface area contributed by atoms with Crippen molar-refractivity contribution in [2.24, 2.45) is 17.8 Å². The van der Waals surface area contributed by atoms with E-state index in [4.69, 9.17) is 0 Å². The Morgan fingerprint density at radius 1 is 0.588 bits per heavy atom. The molecule has 0 N–H and O–H groups in total. The summed E-state index contributed by atoms with van der Waals surface area (Å²) in [5.41, 5.74) is 4.96. The smallest absolute Gasteiger partial charge is 0.261 e. The van der Waals surface area contributed by atoms with Crippen LogP contribution in [0.2, 0.25) is 0 Å². The number of nitrogens with zero attached hydrogens (tertiary/aromatic N) is 2. The maximum absolute atomic E-state index is 15.5. The number of carbonyl (C=O) groups excluding carboxylic acids is 2. The van der Waals surface area contributed by atoms with Gasteiger partial charge in [0.1, 0.15) is 11.6 Å². The molecule has 2 aliphatic heterocycles. The van der Waals surface area contributed by atoms with Gasteiger partial charge in [0.25, 0.3) is 11.8 Å². The van der Waals surface area contributed by atoms with Gasteiger partial charge in [-0.05, 0) is 97.4 Å². The number of rotatable bonds is 14. The number of hydrogen-bond acceptors (Lipinski definition) is 4. The Kier molecular flexibility index (Phi) is 11.1. The summed E-state index contributed by atoms with van der Waals surface area (Å²) in [6, 6.07) is 18.5. The zero-order valence-electron chi connectivity index (χ0n) is 30.7. The van der Waals surface area contributed by atoms with Gasteiger partial charge in [-0.15, -0.1) is 22.7 Å². The molecule has 2 aliphatic rings. The van der Waals surface area contributed by atoms with E-state index in [0.29, 0.717) is 65.0 Å². The molecule has 51 heavy (non-hydrogen) atoms. The van der Waals surface area contributed by atoms with E-state index in [0.717, 1.165) is 56.3 Å². The summed E-state index contributed by atoms with van der Waals surface area (Å²) in [7, 11) is 0. The predicted octanol–water partition coefficient (Wildman–Crippen LogP) is 11.5. The van der Waals surface area contributed by atoms with Crippen LogP contribution in [-0.2, 0) is 22.4 Å². The quantitative estimate of drug-likeness (QED) is 0.130. The molecular formula is C43H48F2N2O2S2. The molecule has 0 radical (unpaired) electrons. The van der Waals surface area contributed by atoms with Crippen molar-refractivity contribution in [1.82, 2.24) is 9.80 Å². The van der Waals surface area contributed by atoms with E-state index < -0.39 is 0 Å². The van der Waals surface area contributed by atoms with E-state index in [2.05, 4.69) is 41.5 Å². The van der Waals surface area contributed by atoms with E-state index in [9.17, 15) is 9.59 Å². The van der Waals surface area contributed by atoms with Crippen LogP contribution in [0.25, 0.3) is 32.3 Å². The van der Waals surface area contributed by atoms with Crippen LogP contribution in [0.1, 0.15) is 88.6 Å². The van der Waals surface area contributed by atoms with Crippen LogP contribution in [0.5, 0.6) is 0 Å². The zero-order valence-corrected chi connectivity index (χ0v) is 32.4. The fraction of sp³-hybridized carbons (Fsp3) is 0.395. The largest absolute Gasteiger partial charge is 0.306 e. The van der Waals surface area contributed by atoms with Crippen molar-refractivity contribution in [2.75, 3.05) is 13.1 Å². The normalized spacial score (nSPS) is 14.9. The first-order valence-corrected chi connectivity index (χ1v) is 19.9. The molecule has 2 amide bonds. The lowest BCUT2D eigenvalue weighted by Crippen LogP contribution is -2.32. The van der Waals surface area contributed by atoms with Crippen LogP contribution in [0.3, 0.4) is 0 Å². The summed E-state index contributed by atoms with van der Waals surface area (Å²) >= 11 is 2.80. The van der Waals surface area contributed by atoms with E-state index in [-0.39, 0.29) is 29.4 Å². The van der Waals surface area contributed by atoms with Crippen molar-refractivity contribution >= 4 is 45.9 Å². The Bertz CT molecular complexity index is 2010. The van der Waals surface area contributed by atoms with Gasteiger partial charge in [-0.1, -0.05) is 72.7 Å². The number of thiophene rings is 2. The van der Waals surface area contributed by atoms with Gasteiger partial charge in [-0.2, -0.15) is 0 Å². The minimum Gasteiger partial charge on any atom is -0.306 e. The molecule has 4 aromatic rings. The highest BCUT2D eigenvalue weighted by Crippen LogP contribution is 2.50. The third-order valence-corrected chi connectivity index (χ3v) is 11.7. The fourth-order valence-corrected chi connectivity index (χ4v) is 9.03. The van der Waals surface area contributed by atoms with Crippen molar-refractivity contribution in [3.05, 3.63) is 104 Å². The summed E-state index contributed by atoms with van der Waals surface area (Å²) in [4.78, 5) is 35.4. The lowest BCUT2D eigenvalue weighted by Gasteiger charge is -2.25. The molecule has 8 heteroatoms. The van der Waals surface area contributed by atoms with E-state index in [1.807, 2.05) is 55.5 Å². The third kappa shape index (κ3) is 7.54. The van der Waals surface area contributed by atoms with Gasteiger partial charge in [0.05, 0.1) is 32.3 Å². The van der Waals surface area contributed by atoms with Crippen LogP contribution in [0.4, 0.5) is 8.78 Å². The van der Waals surface area contributed by atoms with Crippen LogP contribution < -0.4 is 0 Å². The average molecular weight is 727 g/mol. The number of hydrogen-bond donors (Lipinski definition) is 0. The summed E-state index contributed by atoms with van der Waals surface area (Å²) in [6.07, 6.45) is 4.35. The molecule has 4 nitrogen and oxygen atoms in total. The Morgan fingerprint density at radius 3 is 1.43 bits per heavy atom. The predicted molar refractivity (Wildman–Crippen MR) is 208 cm³/mol. The van der Waals surface area contributed by atoms with Crippen molar-refractivity contribution < 1.29 is 18.4 Å². The summed E-state index contributed by atoms with van der Waals surface area (Å²) in [5, 5.41) is 0. The van der Waals surface area contributed by atoms with Crippen molar-refractivity contribution in [2.45, 2.75) is 80.6 Å². The van der Waals surface area contributed by atoms with Gasteiger partial charge in [-0.25, -0.2) is 8.78 Å². The van der Waals surface area contributed by atoms with Crippen LogP contribution in [0, 0.1) is 29.4 Å². The zero-order chi connectivity index (χ0) is 36.6. The molecule has 0 saturated carbocycles. The maximum atomic E-state index is 15.5. The van der Waals surface area contributed by atoms with E-state index in [1.54, 1.807) is 21.9 Å². The molecule has 268 valence electrons. The number of aryl methyl sites for hydroxylation is 2. The van der Waals surface area contributed by atoms with Crippen molar-refractivity contribution in [3.8, 4) is 20.9 Å². The summed E-state index contributed by atoms with van der Waals surface area (Å²) < 4.78 is 30.9. The first-order valence-electron chi connectivity index (χ1n) is 18.3. The topological polar surface area (TPSA) is 40.6 Å². The molecule has 4 heterocycles. The number of amides is 2. The second-order valence-corrected chi connectivity index (χ2v) is 17.2. The lowest BCUT2D eigenvalue weighted by atomic mass is 10.0. The van der Waals surface area contributed by atoms with Crippen LogP contribution in [0.15, 0.2) is 71.8 Å². The van der Waals surface area contributed by atoms with Gasteiger partial charge in [-0.3, -0.25) is 9.59 Å². The highest BCUT2D eigenvalue weighted by Gasteiger charge is 2.49. The molecule has 2 aromatic carbocycles. The van der Waals surface area contributed by atoms with Gasteiger partial charge < -0.3 is 9.80 Å². The Labute approximate surface area is 309 Å². The van der Waals surface area contributed by atoms with Gasteiger partial charge in [0, 0.05) is 34.0 Å². The van der Waals surface area contributed by atoms with Crippen LogP contribution in [-0.4, -0.2) is 34.7 Å².